The Morgan fingerprint density at radius 1 is 1.10 bits per heavy atom. The van der Waals surface area contributed by atoms with Crippen molar-refractivity contribution in [3.05, 3.63) is 24.0 Å². The van der Waals surface area contributed by atoms with Crippen LogP contribution in [0.3, 0.4) is 0 Å². The van der Waals surface area contributed by atoms with Crippen LogP contribution in [0.2, 0.25) is 0 Å². The molecule has 0 amide bonds. The summed E-state index contributed by atoms with van der Waals surface area (Å²) in [6, 6.07) is 1.69. The van der Waals surface area contributed by atoms with E-state index in [2.05, 4.69) is 10.1 Å². The van der Waals surface area contributed by atoms with Crippen LogP contribution >= 0.6 is 0 Å². The second-order valence-electron chi connectivity index (χ2n) is 4.97. The van der Waals surface area contributed by atoms with E-state index in [1.807, 2.05) is 0 Å². The van der Waals surface area contributed by atoms with Gasteiger partial charge in [-0.15, -0.1) is 0 Å². The number of rotatable bonds is 1. The average Bonchev–Trinajstić information content (AvgIpc) is 2.83. The molecule has 0 saturated carbocycles. The molecule has 3 heterocycles. The highest BCUT2D eigenvalue weighted by Crippen LogP contribution is 2.33. The maximum atomic E-state index is 13.5. The molecule has 114 valence electrons. The molecule has 0 unspecified atom stereocenters. The zero-order valence-corrected chi connectivity index (χ0v) is 10.7. The normalized spacial score (nSPS) is 23.8. The van der Waals surface area contributed by atoms with Crippen molar-refractivity contribution in [1.82, 2.24) is 14.6 Å². The molecule has 2 aromatic heterocycles. The van der Waals surface area contributed by atoms with Gasteiger partial charge in [-0.1, -0.05) is 0 Å². The smallest absolute Gasteiger partial charge is 0.351 e. The van der Waals surface area contributed by atoms with Gasteiger partial charge < -0.3 is 4.90 Å². The van der Waals surface area contributed by atoms with E-state index in [-0.39, 0.29) is 31.0 Å². The van der Waals surface area contributed by atoms with Crippen LogP contribution in [-0.4, -0.2) is 40.0 Å². The fourth-order valence-corrected chi connectivity index (χ4v) is 2.46. The molecule has 3 rings (SSSR count). The topological polar surface area (TPSA) is 33.4 Å². The fraction of sp³-hybridized carbons (Fsp3) is 0.500. The number of fused-ring (bicyclic) bond motifs is 1. The molecular weight excluding hydrogens is 295 g/mol. The SMILES string of the molecule is F[C@@H]1C[C@H](F)CN(c2cc(C(F)(F)F)cc3ncnn23)C1. The van der Waals surface area contributed by atoms with Gasteiger partial charge in [-0.3, -0.25) is 0 Å². The molecule has 4 nitrogen and oxygen atoms in total. The van der Waals surface area contributed by atoms with Gasteiger partial charge in [0.05, 0.1) is 18.7 Å². The van der Waals surface area contributed by atoms with Gasteiger partial charge in [-0.05, 0) is 12.1 Å². The zero-order chi connectivity index (χ0) is 15.2. The molecule has 0 N–H and O–H groups in total. The Hall–Kier alpha value is -1.93. The molecule has 0 spiro atoms. The molecule has 1 fully saturated rings. The van der Waals surface area contributed by atoms with Crippen LogP contribution in [0, 0.1) is 0 Å². The van der Waals surface area contributed by atoms with E-state index in [0.29, 0.717) is 0 Å². The Bertz CT molecular complexity index is 643. The summed E-state index contributed by atoms with van der Waals surface area (Å²) >= 11 is 0. The largest absolute Gasteiger partial charge is 0.416 e. The Balaban J connectivity index is 2.10. The Morgan fingerprint density at radius 2 is 1.76 bits per heavy atom. The Kier molecular flexibility index (Phi) is 3.22. The van der Waals surface area contributed by atoms with Crippen LogP contribution in [0.5, 0.6) is 0 Å². The van der Waals surface area contributed by atoms with Crippen LogP contribution in [0.1, 0.15) is 12.0 Å². The van der Waals surface area contributed by atoms with Gasteiger partial charge in [-0.2, -0.15) is 22.8 Å². The van der Waals surface area contributed by atoms with E-state index in [9.17, 15) is 22.0 Å². The second kappa shape index (κ2) is 4.81. The maximum Gasteiger partial charge on any atom is 0.416 e. The van der Waals surface area contributed by atoms with Crippen molar-refractivity contribution in [2.24, 2.45) is 0 Å². The number of halogens is 5. The van der Waals surface area contributed by atoms with Crippen molar-refractivity contribution in [1.29, 1.82) is 0 Å². The lowest BCUT2D eigenvalue weighted by atomic mass is 10.1. The van der Waals surface area contributed by atoms with Crippen LogP contribution in [0.15, 0.2) is 18.5 Å². The number of alkyl halides is 5. The molecule has 0 aliphatic carbocycles. The summed E-state index contributed by atoms with van der Waals surface area (Å²) in [7, 11) is 0. The number of aromatic nitrogens is 3. The predicted octanol–water partition coefficient (Wildman–Crippen LogP) is 2.63. The van der Waals surface area contributed by atoms with E-state index in [1.165, 1.54) is 4.90 Å². The first-order valence-corrected chi connectivity index (χ1v) is 6.28. The highest BCUT2D eigenvalue weighted by Gasteiger charge is 2.34. The van der Waals surface area contributed by atoms with E-state index >= 15 is 0 Å². The van der Waals surface area contributed by atoms with Crippen LogP contribution in [0.4, 0.5) is 27.8 Å². The Morgan fingerprint density at radius 3 is 2.38 bits per heavy atom. The van der Waals surface area contributed by atoms with Crippen molar-refractivity contribution < 1.29 is 22.0 Å². The van der Waals surface area contributed by atoms with E-state index < -0.39 is 24.1 Å². The van der Waals surface area contributed by atoms with Gasteiger partial charge in [0.15, 0.2) is 5.65 Å². The van der Waals surface area contributed by atoms with Gasteiger partial charge in [0.1, 0.15) is 24.5 Å². The predicted molar refractivity (Wildman–Crippen MR) is 64.6 cm³/mol. The van der Waals surface area contributed by atoms with Crippen LogP contribution in [-0.2, 0) is 6.18 Å². The van der Waals surface area contributed by atoms with E-state index in [1.54, 1.807) is 0 Å². The lowest BCUT2D eigenvalue weighted by Crippen LogP contribution is -2.43. The summed E-state index contributed by atoms with van der Waals surface area (Å²) in [5.74, 6) is -0.0117. The standard InChI is InChI=1S/C12H11F5N4/c13-8-3-9(14)5-20(4-8)11-2-7(12(15,16)17)1-10-18-6-19-21(10)11/h1-2,6,8-9H,3-5H2/t8-,9+. The summed E-state index contributed by atoms with van der Waals surface area (Å²) in [6.45, 7) is -0.340. The van der Waals surface area contributed by atoms with Gasteiger partial charge in [0, 0.05) is 6.42 Å². The third-order valence-corrected chi connectivity index (χ3v) is 3.36. The minimum absolute atomic E-state index is 0.0117. The highest BCUT2D eigenvalue weighted by atomic mass is 19.4. The molecule has 1 aliphatic heterocycles. The molecule has 1 aliphatic rings. The molecule has 0 radical (unpaired) electrons. The number of hydrogen-bond acceptors (Lipinski definition) is 3. The molecule has 2 atom stereocenters. The molecule has 21 heavy (non-hydrogen) atoms. The lowest BCUT2D eigenvalue weighted by Gasteiger charge is -2.33. The Labute approximate surface area is 116 Å². The quantitative estimate of drug-likeness (QED) is 0.760. The number of nitrogens with zero attached hydrogens (tertiary/aromatic N) is 4. The molecule has 0 aromatic carbocycles. The number of anilines is 1. The monoisotopic (exact) mass is 306 g/mol. The first-order chi connectivity index (χ1) is 9.84. The van der Waals surface area contributed by atoms with Gasteiger partial charge >= 0.3 is 6.18 Å². The van der Waals surface area contributed by atoms with Crippen molar-refractivity contribution in [2.75, 3.05) is 18.0 Å². The summed E-state index contributed by atoms with van der Waals surface area (Å²) < 4.78 is 66.8. The first-order valence-electron chi connectivity index (χ1n) is 6.28. The van der Waals surface area contributed by atoms with Crippen molar-refractivity contribution in [3.8, 4) is 0 Å². The zero-order valence-electron chi connectivity index (χ0n) is 10.7. The summed E-state index contributed by atoms with van der Waals surface area (Å²) in [6.07, 6.45) is -6.56. The van der Waals surface area contributed by atoms with E-state index in [4.69, 9.17) is 0 Å². The summed E-state index contributed by atoms with van der Waals surface area (Å²) in [5, 5.41) is 3.82. The molecule has 0 bridgehead atoms. The molecule has 1 saturated heterocycles. The maximum absolute atomic E-state index is 13.5. The molecular formula is C12H11F5N4. The van der Waals surface area contributed by atoms with Crippen molar-refractivity contribution >= 4 is 11.5 Å². The third kappa shape index (κ3) is 2.64. The fourth-order valence-electron chi connectivity index (χ4n) is 2.46. The van der Waals surface area contributed by atoms with Crippen LogP contribution < -0.4 is 4.90 Å². The van der Waals surface area contributed by atoms with Crippen molar-refractivity contribution in [3.63, 3.8) is 0 Å². The minimum atomic E-state index is -4.57. The molecule has 9 heteroatoms. The average molecular weight is 306 g/mol. The third-order valence-electron chi connectivity index (χ3n) is 3.36. The summed E-state index contributed by atoms with van der Waals surface area (Å²) in [5.41, 5.74) is -0.939. The van der Waals surface area contributed by atoms with Crippen LogP contribution in [0.25, 0.3) is 5.65 Å². The number of pyridine rings is 1. The van der Waals surface area contributed by atoms with Gasteiger partial charge in [-0.25, -0.2) is 13.8 Å². The lowest BCUT2D eigenvalue weighted by molar-refractivity contribution is -0.137. The molecule has 2 aromatic rings. The second-order valence-corrected chi connectivity index (χ2v) is 4.97. The van der Waals surface area contributed by atoms with Gasteiger partial charge in [0.25, 0.3) is 0 Å². The first kappa shape index (κ1) is 14.0. The van der Waals surface area contributed by atoms with Gasteiger partial charge in [0.2, 0.25) is 0 Å². The van der Waals surface area contributed by atoms with Crippen molar-refractivity contribution in [2.45, 2.75) is 24.9 Å². The number of hydrogen-bond donors (Lipinski definition) is 0. The highest BCUT2D eigenvalue weighted by molar-refractivity contribution is 5.54. The number of piperidine rings is 1. The minimum Gasteiger partial charge on any atom is -0.351 e. The van der Waals surface area contributed by atoms with E-state index in [0.717, 1.165) is 23.0 Å². The summed E-state index contributed by atoms with van der Waals surface area (Å²) in [4.78, 5) is 4.96.